The zero-order chi connectivity index (χ0) is 96.7. The van der Waals surface area contributed by atoms with Gasteiger partial charge < -0.3 is 53.9 Å². The predicted octanol–water partition coefficient (Wildman–Crippen LogP) is 31.4. The molecule has 22 nitrogen and oxygen atoms in total. The van der Waals surface area contributed by atoms with Gasteiger partial charge in [0, 0.05) is 103 Å². The molecule has 0 atom stereocenters. The van der Waals surface area contributed by atoms with Gasteiger partial charge in [-0.25, -0.2) is 24.9 Å². The molecule has 18 aromatic rings. The summed E-state index contributed by atoms with van der Waals surface area (Å²) in [7, 11) is 0. The summed E-state index contributed by atoms with van der Waals surface area (Å²) in [6, 6.07) is 76.1. The third kappa shape index (κ3) is 31.3. The fraction of sp³-hybridized carbons (Fsp3) is 0.255. The Morgan fingerprint density at radius 1 is 0.284 bits per heavy atom. The Kier molecular flexibility index (Phi) is 39.0. The van der Waals surface area contributed by atoms with Crippen molar-refractivity contribution in [1.29, 1.82) is 10.8 Å². The fourth-order valence-corrected chi connectivity index (χ4v) is 14.5. The van der Waals surface area contributed by atoms with Crippen molar-refractivity contribution in [2.24, 2.45) is 11.5 Å². The number of thiophene rings is 2. The zero-order valence-electron chi connectivity index (χ0n) is 78.6. The summed E-state index contributed by atoms with van der Waals surface area (Å²) in [4.78, 5) is 36.8. The Morgan fingerprint density at radius 3 is 0.940 bits per heavy atom. The zero-order valence-corrected chi connectivity index (χ0v) is 83.3. The van der Waals surface area contributed by atoms with Gasteiger partial charge in [0.25, 0.3) is 0 Å². The van der Waals surface area contributed by atoms with Crippen LogP contribution in [0, 0.1) is 10.8 Å². The Bertz CT molecular complexity index is 6080. The van der Waals surface area contributed by atoms with E-state index in [2.05, 4.69) is 202 Å². The van der Waals surface area contributed by atoms with E-state index >= 15 is 0 Å². The third-order valence-corrected chi connectivity index (χ3v) is 23.2. The minimum absolute atomic E-state index is 0.0513. The van der Waals surface area contributed by atoms with Crippen molar-refractivity contribution in [3.8, 4) is 100 Å². The van der Waals surface area contributed by atoms with E-state index in [0.717, 1.165) is 165 Å². The molecule has 11 heterocycles. The topological polar surface area (TPSA) is 345 Å². The quantitative estimate of drug-likeness (QED) is 0.0260. The summed E-state index contributed by atoms with van der Waals surface area (Å²) in [5.41, 5.74) is 27.7. The molecule has 7 aromatic carbocycles. The predicted molar refractivity (Wildman–Crippen MR) is 550 cm³/mol. The van der Waals surface area contributed by atoms with E-state index in [0.29, 0.717) is 64.6 Å². The number of oxazole rings is 1. The van der Waals surface area contributed by atoms with E-state index in [1.807, 2.05) is 243 Å². The molecule has 0 radical (unpaired) electrons. The van der Waals surface area contributed by atoms with Crippen molar-refractivity contribution in [3.05, 3.63) is 349 Å². The summed E-state index contributed by atoms with van der Waals surface area (Å²) in [5, 5.41) is 32.3. The lowest BCUT2D eigenvalue weighted by molar-refractivity contribution is 0.420. The highest BCUT2D eigenvalue weighted by Gasteiger charge is 2.18. The van der Waals surface area contributed by atoms with Crippen molar-refractivity contribution in [2.75, 3.05) is 0 Å². The minimum Gasteiger partial charge on any atom is -0.440 e. The Morgan fingerprint density at radius 2 is 0.590 bits per heavy atom. The maximum Gasteiger partial charge on any atom is 0.197 e. The van der Waals surface area contributed by atoms with Crippen LogP contribution in [0.1, 0.15) is 241 Å². The maximum atomic E-state index is 7.42. The van der Waals surface area contributed by atoms with Crippen LogP contribution < -0.4 is 11.5 Å². The van der Waals surface area contributed by atoms with E-state index in [9.17, 15) is 0 Å². The number of amidine groups is 2. The van der Waals surface area contributed by atoms with Crippen molar-refractivity contribution in [1.82, 2.24) is 65.5 Å². The molecule has 28 heteroatoms. The molecular formula is C106H117Cl4N17O5S2. The highest BCUT2D eigenvalue weighted by molar-refractivity contribution is 7.19. The lowest BCUT2D eigenvalue weighted by Crippen LogP contribution is -2.10. The third-order valence-electron chi connectivity index (χ3n) is 20.1. The minimum atomic E-state index is 0.0513. The van der Waals surface area contributed by atoms with Crippen molar-refractivity contribution < 1.29 is 22.5 Å². The van der Waals surface area contributed by atoms with Crippen LogP contribution in [0.5, 0.6) is 0 Å². The molecule has 0 spiro atoms. The first kappa shape index (κ1) is 103. The molecule has 0 unspecified atom stereocenters. The van der Waals surface area contributed by atoms with Gasteiger partial charge in [-0.15, -0.1) is 22.7 Å². The summed E-state index contributed by atoms with van der Waals surface area (Å²) in [6.07, 6.45) is 9.21. The standard InChI is InChI=1S/C13H16N4.C13H15N3O.C12H13ClN2.C12H12ClNO.C12H14N2.2C12H13NO.C10H11ClN2S.C10H10ClNOS/c1-8(2)13-16-7-11(17-13)9-4-3-5-10(6-9)12(14)15;1-8(2)11-7-12(17-16-11)9-4-3-5-10(6-9)13(14)15;1-8(2)12-14-7-11(15-12)9-3-5-10(13)6-4-9;1-8(2)11-7-12(15-14-11)9-3-5-10(13)6-4-9;2*1-9(2)12-13-8-11(14-12)10-6-4-3-5-7-10;1-9(2)11-8-12(14-13-11)10-6-4-3-5-7-10;1-6(2)10-12-5-7(13-10)8-3-4-9(11)14-8;1-6(2)7-5-8(13-12-7)9-3-4-10(11)14-9/h3-8H,1-2H3,(H3,14,15)(H,16,17);3-8H,1-2H3,(H3,14,15);3-8H,1-2H3,(H,14,15);3-8H,1-2H3;3-9H,1-2H3,(H,13,14);2*3-9H,1-2H3;3-6H,1-2H3,(H,12,13);3-6H,1-2H3. The van der Waals surface area contributed by atoms with Crippen LogP contribution in [0.15, 0.2) is 290 Å². The van der Waals surface area contributed by atoms with E-state index in [4.69, 9.17) is 91.2 Å². The SMILES string of the molecule is CC(C)c1cc(-c2ccc(Cl)cc2)on1.CC(C)c1cc(-c2ccc(Cl)s2)on1.CC(C)c1cc(-c2cccc(C(=N)N)c2)on1.CC(C)c1cc(-c2ccccc2)on1.CC(C)c1ncc(-c2ccc(Cl)cc2)[nH]1.CC(C)c1ncc(-c2ccc(Cl)s2)[nH]1.CC(C)c1ncc(-c2cccc(C(=N)N)c2)[nH]1.CC(C)c1ncc(-c2ccccc2)[nH]1.CC(C)c1ncc(-c2ccccc2)o1. The van der Waals surface area contributed by atoms with Crippen molar-refractivity contribution in [3.63, 3.8) is 0 Å². The van der Waals surface area contributed by atoms with E-state index in [1.54, 1.807) is 23.6 Å². The number of hydrogen-bond acceptors (Lipinski definition) is 18. The van der Waals surface area contributed by atoms with Crippen molar-refractivity contribution in [2.45, 2.75) is 178 Å². The van der Waals surface area contributed by atoms with Crippen LogP contribution >= 0.6 is 69.1 Å². The molecule has 134 heavy (non-hydrogen) atoms. The molecule has 18 rings (SSSR count). The molecule has 0 aliphatic carbocycles. The number of rotatable bonds is 20. The van der Waals surface area contributed by atoms with Gasteiger partial charge in [-0.2, -0.15) is 0 Å². The number of H-pyrrole nitrogens is 4. The fourth-order valence-electron chi connectivity index (χ4n) is 12.2. The first-order valence-corrected chi connectivity index (χ1v) is 47.4. The summed E-state index contributed by atoms with van der Waals surface area (Å²) in [5.74, 6) is 12.5. The molecule has 0 bridgehead atoms. The lowest BCUT2D eigenvalue weighted by Gasteiger charge is -2.02. The van der Waals surface area contributed by atoms with Gasteiger partial charge in [0.15, 0.2) is 34.7 Å². The van der Waals surface area contributed by atoms with Crippen LogP contribution in [-0.2, 0) is 0 Å². The van der Waals surface area contributed by atoms with Gasteiger partial charge in [-0.1, -0.05) is 331 Å². The smallest absolute Gasteiger partial charge is 0.197 e. The second-order valence-corrected chi connectivity index (χ2v) is 38.3. The van der Waals surface area contributed by atoms with Crippen LogP contribution in [0.3, 0.4) is 0 Å². The number of halogens is 4. The molecule has 0 aliphatic rings. The van der Waals surface area contributed by atoms with Crippen LogP contribution in [-0.4, -0.2) is 77.2 Å². The normalized spacial score (nSPS) is 10.9. The van der Waals surface area contributed by atoms with E-state index in [-0.39, 0.29) is 11.7 Å². The first-order chi connectivity index (χ1) is 64.1. The van der Waals surface area contributed by atoms with Gasteiger partial charge in [0.1, 0.15) is 35.0 Å². The number of nitrogens with zero attached hydrogens (tertiary/aromatic N) is 9. The van der Waals surface area contributed by atoms with Gasteiger partial charge in [0.2, 0.25) is 0 Å². The number of benzene rings is 7. The van der Waals surface area contributed by atoms with Gasteiger partial charge in [0.05, 0.1) is 95.0 Å². The Balaban J connectivity index is 0.000000156. The highest BCUT2D eigenvalue weighted by atomic mass is 35.5. The number of aromatic nitrogens is 13. The van der Waals surface area contributed by atoms with E-state index in [1.165, 1.54) is 16.9 Å². The Labute approximate surface area is 812 Å². The number of nitrogens with two attached hydrogens (primary N) is 2. The maximum absolute atomic E-state index is 7.42. The summed E-state index contributed by atoms with van der Waals surface area (Å²) < 4.78 is 28.2. The number of nitrogen functional groups attached to an aromatic ring is 2. The van der Waals surface area contributed by atoms with Crippen LogP contribution in [0.25, 0.3) is 100 Å². The monoisotopic (exact) mass is 1910 g/mol. The highest BCUT2D eigenvalue weighted by Crippen LogP contribution is 2.36. The largest absolute Gasteiger partial charge is 0.440 e. The molecule has 0 aliphatic heterocycles. The second-order valence-electron chi connectivity index (χ2n) is 34.0. The summed E-state index contributed by atoms with van der Waals surface area (Å²) >= 11 is 26.4. The molecule has 11 aromatic heterocycles. The molecule has 696 valence electrons. The summed E-state index contributed by atoms with van der Waals surface area (Å²) in [6.45, 7) is 37.7. The number of hydrogen-bond donors (Lipinski definition) is 8. The van der Waals surface area contributed by atoms with E-state index < -0.39 is 0 Å². The Hall–Kier alpha value is -13.1. The molecular weight excluding hydrogens is 1800 g/mol. The van der Waals surface area contributed by atoms with Crippen LogP contribution in [0.2, 0.25) is 18.7 Å². The van der Waals surface area contributed by atoms with Gasteiger partial charge >= 0.3 is 0 Å². The number of nitrogens with one attached hydrogen (secondary N) is 6. The molecule has 0 saturated carbocycles. The molecule has 0 fully saturated rings. The second kappa shape index (κ2) is 50.7. The average molecular weight is 1920 g/mol. The lowest BCUT2D eigenvalue weighted by atomic mass is 10.1. The average Bonchev–Trinajstić information content (AvgIpc) is 1.58. The van der Waals surface area contributed by atoms with Crippen LogP contribution in [0.4, 0.5) is 0 Å². The molecule has 0 saturated heterocycles. The number of imidazole rings is 4. The van der Waals surface area contributed by atoms with Crippen molar-refractivity contribution >= 4 is 80.7 Å². The van der Waals surface area contributed by atoms with Gasteiger partial charge in [-0.3, -0.25) is 10.8 Å². The number of aromatic amines is 4. The molecule has 10 N–H and O–H groups in total. The first-order valence-electron chi connectivity index (χ1n) is 44.2. The molecule has 0 amide bonds. The van der Waals surface area contributed by atoms with Gasteiger partial charge in [-0.05, 0) is 108 Å².